The number of carbonyl (C=O) groups excluding carboxylic acids is 2. The Kier molecular flexibility index (Phi) is 4.92. The second-order valence-corrected chi connectivity index (χ2v) is 5.51. The largest absolute Gasteiger partial charge is 0.488 e. The van der Waals surface area contributed by atoms with Crippen molar-refractivity contribution >= 4 is 18.0 Å². The van der Waals surface area contributed by atoms with Crippen molar-refractivity contribution in [2.24, 2.45) is 0 Å². The van der Waals surface area contributed by atoms with Crippen LogP contribution in [0.25, 0.3) is 6.08 Å². The molecule has 1 aromatic rings. The van der Waals surface area contributed by atoms with Crippen molar-refractivity contribution < 1.29 is 23.8 Å². The van der Waals surface area contributed by atoms with Gasteiger partial charge in [0.05, 0.1) is 11.7 Å². The molecular formula is C17H19NO5. The van der Waals surface area contributed by atoms with E-state index >= 15 is 0 Å². The minimum Gasteiger partial charge on any atom is -0.488 e. The minimum absolute atomic E-state index is 0.0700. The third kappa shape index (κ3) is 4.10. The molecule has 1 fully saturated rings. The molecule has 0 radical (unpaired) electrons. The Bertz CT molecular complexity index is 619. The Labute approximate surface area is 134 Å². The topological polar surface area (TPSA) is 73.9 Å². The highest BCUT2D eigenvalue weighted by Crippen LogP contribution is 2.25. The van der Waals surface area contributed by atoms with E-state index in [9.17, 15) is 9.59 Å². The third-order valence-corrected chi connectivity index (χ3v) is 3.78. The van der Waals surface area contributed by atoms with E-state index in [4.69, 9.17) is 14.2 Å². The maximum absolute atomic E-state index is 12.0. The molecule has 3 rings (SSSR count). The number of para-hydroxylation sites is 1. The summed E-state index contributed by atoms with van der Waals surface area (Å²) < 4.78 is 15.9. The molecule has 1 unspecified atom stereocenters. The zero-order valence-electron chi connectivity index (χ0n) is 12.7. The maximum atomic E-state index is 12.0. The van der Waals surface area contributed by atoms with Gasteiger partial charge in [0.15, 0.2) is 6.61 Å². The number of ether oxygens (including phenoxy) is 3. The molecule has 1 atom stereocenters. The molecule has 1 N–H and O–H groups in total. The van der Waals surface area contributed by atoms with Crippen LogP contribution >= 0.6 is 0 Å². The summed E-state index contributed by atoms with van der Waals surface area (Å²) in [5, 5.41) is 2.71. The number of rotatable bonds is 5. The SMILES string of the molecule is O=C(COC(=O)C1=Cc2ccccc2OC1)NCC1CCCO1. The lowest BCUT2D eigenvalue weighted by atomic mass is 10.1. The van der Waals surface area contributed by atoms with Gasteiger partial charge in [-0.1, -0.05) is 18.2 Å². The van der Waals surface area contributed by atoms with E-state index in [2.05, 4.69) is 5.32 Å². The summed E-state index contributed by atoms with van der Waals surface area (Å²) in [6.45, 7) is 1.04. The molecule has 2 aliphatic rings. The average Bonchev–Trinajstić information content (AvgIpc) is 3.11. The monoisotopic (exact) mass is 317 g/mol. The van der Waals surface area contributed by atoms with Gasteiger partial charge in [-0.3, -0.25) is 4.79 Å². The lowest BCUT2D eigenvalue weighted by molar-refractivity contribution is -0.145. The Morgan fingerprint density at radius 3 is 3.00 bits per heavy atom. The lowest BCUT2D eigenvalue weighted by Gasteiger charge is -2.17. The van der Waals surface area contributed by atoms with Gasteiger partial charge in [0.25, 0.3) is 5.91 Å². The van der Waals surface area contributed by atoms with Gasteiger partial charge < -0.3 is 19.5 Å². The average molecular weight is 317 g/mol. The number of carbonyl (C=O) groups is 2. The van der Waals surface area contributed by atoms with Crippen molar-refractivity contribution in [1.29, 1.82) is 0 Å². The molecule has 1 amide bonds. The van der Waals surface area contributed by atoms with Gasteiger partial charge in [0.2, 0.25) is 0 Å². The van der Waals surface area contributed by atoms with E-state index in [1.807, 2.05) is 24.3 Å². The summed E-state index contributed by atoms with van der Waals surface area (Å²) in [5.41, 5.74) is 1.23. The Balaban J connectivity index is 1.46. The number of hydrogen-bond acceptors (Lipinski definition) is 5. The highest BCUT2D eigenvalue weighted by atomic mass is 16.5. The number of hydrogen-bond donors (Lipinski definition) is 1. The van der Waals surface area contributed by atoms with Gasteiger partial charge in [0.1, 0.15) is 12.4 Å². The van der Waals surface area contributed by atoms with Crippen molar-refractivity contribution in [2.45, 2.75) is 18.9 Å². The fourth-order valence-corrected chi connectivity index (χ4v) is 2.54. The molecule has 1 aromatic carbocycles. The molecule has 122 valence electrons. The number of esters is 1. The van der Waals surface area contributed by atoms with Crippen molar-refractivity contribution in [3.05, 3.63) is 35.4 Å². The Hall–Kier alpha value is -2.34. The molecule has 0 aromatic heterocycles. The molecule has 0 spiro atoms. The molecule has 0 aliphatic carbocycles. The first-order valence-corrected chi connectivity index (χ1v) is 7.70. The number of benzene rings is 1. The molecule has 23 heavy (non-hydrogen) atoms. The second kappa shape index (κ2) is 7.28. The van der Waals surface area contributed by atoms with Gasteiger partial charge in [-0.15, -0.1) is 0 Å². The zero-order valence-corrected chi connectivity index (χ0v) is 12.7. The van der Waals surface area contributed by atoms with Gasteiger partial charge in [-0.25, -0.2) is 4.79 Å². The predicted molar refractivity (Wildman–Crippen MR) is 82.9 cm³/mol. The van der Waals surface area contributed by atoms with Crippen LogP contribution in [-0.2, 0) is 19.1 Å². The van der Waals surface area contributed by atoms with Crippen molar-refractivity contribution in [1.82, 2.24) is 5.32 Å². The normalized spacial score (nSPS) is 19.3. The predicted octanol–water partition coefficient (Wildman–Crippen LogP) is 1.30. The van der Waals surface area contributed by atoms with Crippen LogP contribution in [0.3, 0.4) is 0 Å². The maximum Gasteiger partial charge on any atom is 0.338 e. The highest BCUT2D eigenvalue weighted by molar-refractivity contribution is 5.96. The van der Waals surface area contributed by atoms with Crippen molar-refractivity contribution in [3.63, 3.8) is 0 Å². The summed E-state index contributed by atoms with van der Waals surface area (Å²) in [6, 6.07) is 7.43. The van der Waals surface area contributed by atoms with Crippen LogP contribution in [0, 0.1) is 0 Å². The van der Waals surface area contributed by atoms with Crippen molar-refractivity contribution in [2.75, 3.05) is 26.4 Å². The first-order chi connectivity index (χ1) is 11.2. The van der Waals surface area contributed by atoms with Crippen LogP contribution < -0.4 is 10.1 Å². The zero-order chi connectivity index (χ0) is 16.1. The molecule has 2 aliphatic heterocycles. The number of amides is 1. The molecule has 0 bridgehead atoms. The molecule has 2 heterocycles. The summed E-state index contributed by atoms with van der Waals surface area (Å²) in [5.74, 6) is -0.128. The number of fused-ring (bicyclic) bond motifs is 1. The fourth-order valence-electron chi connectivity index (χ4n) is 2.54. The van der Waals surface area contributed by atoms with E-state index < -0.39 is 5.97 Å². The molecule has 1 saturated heterocycles. The van der Waals surface area contributed by atoms with Crippen LogP contribution in [0.15, 0.2) is 29.8 Å². The van der Waals surface area contributed by atoms with E-state index in [-0.39, 0.29) is 25.2 Å². The summed E-state index contributed by atoms with van der Waals surface area (Å²) in [6.07, 6.45) is 3.76. The van der Waals surface area contributed by atoms with Crippen LogP contribution in [0.4, 0.5) is 0 Å². The van der Waals surface area contributed by atoms with Gasteiger partial charge in [0, 0.05) is 18.7 Å². The van der Waals surface area contributed by atoms with Crippen LogP contribution in [0.1, 0.15) is 18.4 Å². The molecular weight excluding hydrogens is 298 g/mol. The minimum atomic E-state index is -0.535. The van der Waals surface area contributed by atoms with Gasteiger partial charge in [-0.2, -0.15) is 0 Å². The Morgan fingerprint density at radius 1 is 1.30 bits per heavy atom. The second-order valence-electron chi connectivity index (χ2n) is 5.51. The summed E-state index contributed by atoms with van der Waals surface area (Å²) in [7, 11) is 0. The summed E-state index contributed by atoms with van der Waals surface area (Å²) >= 11 is 0. The van der Waals surface area contributed by atoms with Crippen LogP contribution in [0.5, 0.6) is 5.75 Å². The van der Waals surface area contributed by atoms with E-state index in [0.717, 1.165) is 30.8 Å². The van der Waals surface area contributed by atoms with Crippen molar-refractivity contribution in [3.8, 4) is 5.75 Å². The first kappa shape index (κ1) is 15.6. The highest BCUT2D eigenvalue weighted by Gasteiger charge is 2.20. The van der Waals surface area contributed by atoms with Gasteiger partial charge >= 0.3 is 5.97 Å². The van der Waals surface area contributed by atoms with Crippen LogP contribution in [-0.4, -0.2) is 44.3 Å². The van der Waals surface area contributed by atoms with Crippen LogP contribution in [0.2, 0.25) is 0 Å². The summed E-state index contributed by atoms with van der Waals surface area (Å²) in [4.78, 5) is 23.7. The van der Waals surface area contributed by atoms with E-state index in [0.29, 0.717) is 12.1 Å². The first-order valence-electron chi connectivity index (χ1n) is 7.70. The fraction of sp³-hybridized carbons (Fsp3) is 0.412. The lowest BCUT2D eigenvalue weighted by Crippen LogP contribution is -2.35. The standard InChI is InChI=1S/C17H19NO5/c19-16(18-9-14-5-3-7-21-14)11-23-17(20)13-8-12-4-1-2-6-15(12)22-10-13/h1-2,4,6,8,14H,3,5,7,9-11H2,(H,18,19). The Morgan fingerprint density at radius 2 is 2.17 bits per heavy atom. The quantitative estimate of drug-likeness (QED) is 0.829. The van der Waals surface area contributed by atoms with E-state index in [1.165, 1.54) is 0 Å². The third-order valence-electron chi connectivity index (χ3n) is 3.78. The van der Waals surface area contributed by atoms with Gasteiger partial charge in [-0.05, 0) is 25.0 Å². The molecule has 6 nitrogen and oxygen atoms in total. The molecule has 0 saturated carbocycles. The number of nitrogens with one attached hydrogen (secondary N) is 1. The van der Waals surface area contributed by atoms with E-state index in [1.54, 1.807) is 6.08 Å². The molecule has 6 heteroatoms. The smallest absolute Gasteiger partial charge is 0.338 e.